The van der Waals surface area contributed by atoms with Crippen LogP contribution in [0.1, 0.15) is 19.2 Å². The van der Waals surface area contributed by atoms with E-state index in [0.29, 0.717) is 12.8 Å². The van der Waals surface area contributed by atoms with Gasteiger partial charge in [-0.05, 0) is 6.42 Å². The Kier molecular flexibility index (Phi) is 4.48. The SMILES string of the molecule is CCCc1nc(N)cc(OCC(F)(F)C(F)(F)F)n1. The number of hydrogen-bond donors (Lipinski definition) is 1. The van der Waals surface area contributed by atoms with Gasteiger partial charge in [0.1, 0.15) is 11.6 Å². The molecule has 0 atom stereocenters. The Balaban J connectivity index is 2.78. The highest BCUT2D eigenvalue weighted by Crippen LogP contribution is 2.35. The molecule has 0 fully saturated rings. The third-order valence-corrected chi connectivity index (χ3v) is 2.06. The largest absolute Gasteiger partial charge is 0.471 e. The minimum atomic E-state index is -5.67. The molecule has 0 amide bonds. The van der Waals surface area contributed by atoms with Crippen molar-refractivity contribution in [2.75, 3.05) is 12.3 Å². The second kappa shape index (κ2) is 5.54. The van der Waals surface area contributed by atoms with Crippen molar-refractivity contribution in [2.45, 2.75) is 31.9 Å². The molecule has 0 bridgehead atoms. The number of aromatic nitrogens is 2. The molecule has 0 saturated heterocycles. The zero-order valence-electron chi connectivity index (χ0n) is 9.97. The molecular formula is C10H12F5N3O. The molecule has 1 rings (SSSR count). The molecule has 0 aromatic carbocycles. The van der Waals surface area contributed by atoms with Crippen LogP contribution in [0.5, 0.6) is 5.88 Å². The molecule has 1 heterocycles. The van der Waals surface area contributed by atoms with Crippen LogP contribution in [0.15, 0.2) is 6.07 Å². The quantitative estimate of drug-likeness (QED) is 0.845. The Hall–Kier alpha value is -1.67. The maximum Gasteiger partial charge on any atom is 0.456 e. The van der Waals surface area contributed by atoms with E-state index in [0.717, 1.165) is 6.07 Å². The van der Waals surface area contributed by atoms with Crippen molar-refractivity contribution in [3.05, 3.63) is 11.9 Å². The van der Waals surface area contributed by atoms with Crippen molar-refractivity contribution >= 4 is 5.82 Å². The Labute approximate surface area is 105 Å². The number of halogens is 5. The van der Waals surface area contributed by atoms with Gasteiger partial charge in [0.2, 0.25) is 5.88 Å². The summed E-state index contributed by atoms with van der Waals surface area (Å²) in [4.78, 5) is 7.49. The van der Waals surface area contributed by atoms with Gasteiger partial charge in [0.05, 0.1) is 0 Å². The molecule has 0 aliphatic rings. The molecule has 0 aliphatic heterocycles. The van der Waals surface area contributed by atoms with Crippen molar-refractivity contribution in [3.8, 4) is 5.88 Å². The average molecular weight is 285 g/mol. The van der Waals surface area contributed by atoms with E-state index in [9.17, 15) is 22.0 Å². The van der Waals surface area contributed by atoms with Crippen molar-refractivity contribution < 1.29 is 26.7 Å². The number of anilines is 1. The molecule has 1 aromatic rings. The molecule has 0 aliphatic carbocycles. The lowest BCUT2D eigenvalue weighted by atomic mass is 10.3. The molecule has 4 nitrogen and oxygen atoms in total. The van der Waals surface area contributed by atoms with Crippen LogP contribution >= 0.6 is 0 Å². The topological polar surface area (TPSA) is 61.0 Å². The van der Waals surface area contributed by atoms with Crippen LogP contribution in [-0.2, 0) is 6.42 Å². The molecule has 0 saturated carbocycles. The van der Waals surface area contributed by atoms with Gasteiger partial charge in [0.25, 0.3) is 0 Å². The molecular weight excluding hydrogens is 273 g/mol. The van der Waals surface area contributed by atoms with Crippen LogP contribution in [0.25, 0.3) is 0 Å². The van der Waals surface area contributed by atoms with Gasteiger partial charge in [-0.3, -0.25) is 0 Å². The molecule has 0 radical (unpaired) electrons. The van der Waals surface area contributed by atoms with E-state index in [-0.39, 0.29) is 11.6 Å². The van der Waals surface area contributed by atoms with E-state index in [1.165, 1.54) is 0 Å². The van der Waals surface area contributed by atoms with Gasteiger partial charge in [-0.2, -0.15) is 26.9 Å². The van der Waals surface area contributed by atoms with Gasteiger partial charge in [-0.25, -0.2) is 4.98 Å². The number of rotatable bonds is 5. The van der Waals surface area contributed by atoms with Crippen molar-refractivity contribution in [3.63, 3.8) is 0 Å². The van der Waals surface area contributed by atoms with E-state index in [2.05, 4.69) is 14.7 Å². The van der Waals surface area contributed by atoms with Gasteiger partial charge in [-0.15, -0.1) is 0 Å². The van der Waals surface area contributed by atoms with Crippen LogP contribution < -0.4 is 10.5 Å². The van der Waals surface area contributed by atoms with Crippen LogP contribution in [0.3, 0.4) is 0 Å². The maximum atomic E-state index is 12.6. The summed E-state index contributed by atoms with van der Waals surface area (Å²) >= 11 is 0. The van der Waals surface area contributed by atoms with Crippen LogP contribution in [0, 0.1) is 0 Å². The minimum absolute atomic E-state index is 0.0521. The van der Waals surface area contributed by atoms with E-state index >= 15 is 0 Å². The highest BCUT2D eigenvalue weighted by Gasteiger charge is 2.58. The zero-order chi connectivity index (χ0) is 14.7. The molecule has 0 unspecified atom stereocenters. The third kappa shape index (κ3) is 4.18. The molecule has 19 heavy (non-hydrogen) atoms. The second-order valence-corrected chi connectivity index (χ2v) is 3.79. The first-order valence-electron chi connectivity index (χ1n) is 5.36. The summed E-state index contributed by atoms with van der Waals surface area (Å²) in [5, 5.41) is 0. The molecule has 1 aromatic heterocycles. The van der Waals surface area contributed by atoms with Gasteiger partial charge in [0, 0.05) is 12.5 Å². The zero-order valence-corrected chi connectivity index (χ0v) is 9.97. The Morgan fingerprint density at radius 2 is 1.84 bits per heavy atom. The van der Waals surface area contributed by atoms with Gasteiger partial charge < -0.3 is 10.5 Å². The Morgan fingerprint density at radius 3 is 2.37 bits per heavy atom. The monoisotopic (exact) mass is 285 g/mol. The van der Waals surface area contributed by atoms with E-state index in [1.807, 2.05) is 6.92 Å². The number of nitrogen functional groups attached to an aromatic ring is 1. The lowest BCUT2D eigenvalue weighted by molar-refractivity contribution is -0.290. The van der Waals surface area contributed by atoms with Gasteiger partial charge >= 0.3 is 12.1 Å². The summed E-state index contributed by atoms with van der Waals surface area (Å²) in [6.07, 6.45) is -4.59. The predicted molar refractivity (Wildman–Crippen MR) is 56.9 cm³/mol. The fourth-order valence-electron chi connectivity index (χ4n) is 1.15. The van der Waals surface area contributed by atoms with Gasteiger partial charge in [-0.1, -0.05) is 6.92 Å². The average Bonchev–Trinajstić information content (AvgIpc) is 2.25. The number of hydrogen-bond acceptors (Lipinski definition) is 4. The molecule has 108 valence electrons. The van der Waals surface area contributed by atoms with E-state index in [4.69, 9.17) is 5.73 Å². The smallest absolute Gasteiger partial charge is 0.456 e. The normalized spacial score (nSPS) is 12.5. The number of nitrogens with zero attached hydrogens (tertiary/aromatic N) is 2. The Bertz CT molecular complexity index is 436. The second-order valence-electron chi connectivity index (χ2n) is 3.79. The lowest BCUT2D eigenvalue weighted by Crippen LogP contribution is -2.41. The van der Waals surface area contributed by atoms with Crippen molar-refractivity contribution in [1.29, 1.82) is 0 Å². The van der Waals surface area contributed by atoms with Crippen LogP contribution in [-0.4, -0.2) is 28.7 Å². The highest BCUT2D eigenvalue weighted by molar-refractivity contribution is 5.32. The number of alkyl halides is 5. The molecule has 2 N–H and O–H groups in total. The number of aryl methyl sites for hydroxylation is 1. The number of ether oxygens (including phenoxy) is 1. The predicted octanol–water partition coefficient (Wildman–Crippen LogP) is 2.59. The van der Waals surface area contributed by atoms with Crippen LogP contribution in [0.2, 0.25) is 0 Å². The summed E-state index contributed by atoms with van der Waals surface area (Å²) in [7, 11) is 0. The summed E-state index contributed by atoms with van der Waals surface area (Å²) in [5.74, 6) is -5.17. The van der Waals surface area contributed by atoms with Crippen molar-refractivity contribution in [2.24, 2.45) is 0 Å². The lowest BCUT2D eigenvalue weighted by Gasteiger charge is -2.19. The van der Waals surface area contributed by atoms with E-state index in [1.54, 1.807) is 0 Å². The maximum absolute atomic E-state index is 12.6. The minimum Gasteiger partial charge on any atom is -0.471 e. The van der Waals surface area contributed by atoms with E-state index < -0.39 is 24.6 Å². The first-order chi connectivity index (χ1) is 8.65. The summed E-state index contributed by atoms with van der Waals surface area (Å²) in [5.41, 5.74) is 5.37. The summed E-state index contributed by atoms with van der Waals surface area (Å²) < 4.78 is 65.4. The summed E-state index contributed by atoms with van der Waals surface area (Å²) in [6.45, 7) is -0.0244. The van der Waals surface area contributed by atoms with Gasteiger partial charge in [0.15, 0.2) is 6.61 Å². The fourth-order valence-corrected chi connectivity index (χ4v) is 1.15. The first-order valence-corrected chi connectivity index (χ1v) is 5.36. The number of nitrogens with two attached hydrogens (primary N) is 1. The molecule has 0 spiro atoms. The van der Waals surface area contributed by atoms with Crippen LogP contribution in [0.4, 0.5) is 27.8 Å². The third-order valence-electron chi connectivity index (χ3n) is 2.06. The summed E-state index contributed by atoms with van der Waals surface area (Å²) in [6, 6.07) is 0.992. The Morgan fingerprint density at radius 1 is 1.21 bits per heavy atom. The first kappa shape index (κ1) is 15.4. The van der Waals surface area contributed by atoms with Crippen molar-refractivity contribution in [1.82, 2.24) is 9.97 Å². The highest BCUT2D eigenvalue weighted by atomic mass is 19.4. The fraction of sp³-hybridized carbons (Fsp3) is 0.600. The standard InChI is InChI=1S/C10H12F5N3O/c1-2-3-7-17-6(16)4-8(18-7)19-5-9(11,12)10(13,14)15/h4H,2-3,5H2,1H3,(H2,16,17,18). The molecule has 9 heteroatoms.